The fourth-order valence-electron chi connectivity index (χ4n) is 3.62. The Balaban J connectivity index is 1.55. The van der Waals surface area contributed by atoms with Gasteiger partial charge in [-0.05, 0) is 88.7 Å². The van der Waals surface area contributed by atoms with Gasteiger partial charge in [0.1, 0.15) is 5.82 Å². The van der Waals surface area contributed by atoms with E-state index < -0.39 is 0 Å². The van der Waals surface area contributed by atoms with Crippen LogP contribution in [0.2, 0.25) is 0 Å². The molecule has 0 bridgehead atoms. The normalized spacial score (nSPS) is 19.0. The Kier molecular flexibility index (Phi) is 10.7. The lowest BCUT2D eigenvalue weighted by Gasteiger charge is -2.34. The van der Waals surface area contributed by atoms with E-state index in [-0.39, 0.29) is 17.9 Å². The van der Waals surface area contributed by atoms with Gasteiger partial charge in [0, 0.05) is 25.4 Å². The molecule has 0 heterocycles. The monoisotopic (exact) mass is 405 g/mol. The fraction of sp³-hybridized carbons (Fsp3) is 0.609. The quantitative estimate of drug-likeness (QED) is 0.382. The summed E-state index contributed by atoms with van der Waals surface area (Å²) < 4.78 is 19.0. The summed E-state index contributed by atoms with van der Waals surface area (Å²) in [5.41, 5.74) is 0.608. The van der Waals surface area contributed by atoms with Gasteiger partial charge in [0.2, 0.25) is 0 Å². The minimum absolute atomic E-state index is 0.150. The highest BCUT2D eigenvalue weighted by Gasteiger charge is 2.26. The van der Waals surface area contributed by atoms with Crippen molar-refractivity contribution in [1.82, 2.24) is 10.2 Å². The standard InChI is InChI=1S/C23H36FN3O2/c1-3-4-16-25-17-6-5-7-18-29-22-14-12-21(13-15-22)27(2)23(28)26-20-10-8-19(24)9-11-20/h3,8-11,21-22,25H,1,4-7,12-18H2,2H3,(H,26,28). The van der Waals surface area contributed by atoms with Crippen molar-refractivity contribution in [2.75, 3.05) is 32.1 Å². The van der Waals surface area contributed by atoms with E-state index in [2.05, 4.69) is 17.2 Å². The number of urea groups is 1. The summed E-state index contributed by atoms with van der Waals surface area (Å²) in [6.07, 6.45) is 10.6. The average Bonchev–Trinajstić information content (AvgIpc) is 2.74. The van der Waals surface area contributed by atoms with E-state index >= 15 is 0 Å². The van der Waals surface area contributed by atoms with Crippen LogP contribution in [0.3, 0.4) is 0 Å². The highest BCUT2D eigenvalue weighted by atomic mass is 19.1. The van der Waals surface area contributed by atoms with Crippen LogP contribution in [0.5, 0.6) is 0 Å². The lowest BCUT2D eigenvalue weighted by Crippen LogP contribution is -2.42. The van der Waals surface area contributed by atoms with Gasteiger partial charge in [-0.2, -0.15) is 0 Å². The van der Waals surface area contributed by atoms with Gasteiger partial charge in [-0.1, -0.05) is 6.08 Å². The van der Waals surface area contributed by atoms with Gasteiger partial charge in [-0.15, -0.1) is 6.58 Å². The molecule has 0 atom stereocenters. The molecular weight excluding hydrogens is 369 g/mol. The predicted octanol–water partition coefficient (Wildman–Crippen LogP) is 4.95. The summed E-state index contributed by atoms with van der Waals surface area (Å²) in [6, 6.07) is 5.90. The number of anilines is 1. The van der Waals surface area contributed by atoms with Crippen LogP contribution in [0.4, 0.5) is 14.9 Å². The van der Waals surface area contributed by atoms with Gasteiger partial charge in [0.25, 0.3) is 0 Å². The van der Waals surface area contributed by atoms with Crippen LogP contribution in [0.15, 0.2) is 36.9 Å². The molecule has 0 unspecified atom stereocenters. The van der Waals surface area contributed by atoms with Gasteiger partial charge in [-0.3, -0.25) is 0 Å². The minimum Gasteiger partial charge on any atom is -0.378 e. The van der Waals surface area contributed by atoms with Crippen molar-refractivity contribution < 1.29 is 13.9 Å². The molecule has 1 aliphatic rings. The number of hydrogen-bond acceptors (Lipinski definition) is 3. The van der Waals surface area contributed by atoms with Crippen LogP contribution in [0, 0.1) is 5.82 Å². The van der Waals surface area contributed by atoms with Crippen molar-refractivity contribution in [1.29, 1.82) is 0 Å². The molecule has 162 valence electrons. The minimum atomic E-state index is -0.310. The van der Waals surface area contributed by atoms with E-state index in [1.165, 1.54) is 25.0 Å². The molecule has 0 saturated heterocycles. The summed E-state index contributed by atoms with van der Waals surface area (Å²) in [4.78, 5) is 14.2. The zero-order chi connectivity index (χ0) is 20.9. The number of rotatable bonds is 12. The van der Waals surface area contributed by atoms with Crippen LogP contribution in [0.1, 0.15) is 51.4 Å². The third-order valence-electron chi connectivity index (χ3n) is 5.48. The number of unbranched alkanes of at least 4 members (excludes halogenated alkanes) is 2. The largest absolute Gasteiger partial charge is 0.378 e. The van der Waals surface area contributed by atoms with Gasteiger partial charge in [0.05, 0.1) is 6.10 Å². The smallest absolute Gasteiger partial charge is 0.321 e. The SMILES string of the molecule is C=CCCNCCCCCOC1CCC(N(C)C(=O)Nc2ccc(F)cc2)CC1. The Labute approximate surface area is 174 Å². The molecule has 2 amide bonds. The predicted molar refractivity (Wildman–Crippen MR) is 117 cm³/mol. The first-order chi connectivity index (χ1) is 14.1. The number of nitrogens with one attached hydrogen (secondary N) is 2. The van der Waals surface area contributed by atoms with Gasteiger partial charge in [-0.25, -0.2) is 9.18 Å². The van der Waals surface area contributed by atoms with Crippen LogP contribution >= 0.6 is 0 Å². The lowest BCUT2D eigenvalue weighted by atomic mass is 9.92. The summed E-state index contributed by atoms with van der Waals surface area (Å²) in [5, 5.41) is 6.23. The summed E-state index contributed by atoms with van der Waals surface area (Å²) in [7, 11) is 1.83. The number of carbonyl (C=O) groups excluding carboxylic acids is 1. The third-order valence-corrected chi connectivity index (χ3v) is 5.48. The number of amides is 2. The van der Waals surface area contributed by atoms with Crippen molar-refractivity contribution in [2.45, 2.75) is 63.5 Å². The highest BCUT2D eigenvalue weighted by Crippen LogP contribution is 2.25. The molecule has 0 aliphatic heterocycles. The molecule has 1 aromatic rings. The first-order valence-corrected chi connectivity index (χ1v) is 10.8. The van der Waals surface area contributed by atoms with Gasteiger partial charge < -0.3 is 20.3 Å². The maximum Gasteiger partial charge on any atom is 0.321 e. The number of ether oxygens (including phenoxy) is 1. The number of nitrogens with zero attached hydrogens (tertiary/aromatic N) is 1. The van der Waals surface area contributed by atoms with E-state index in [9.17, 15) is 9.18 Å². The summed E-state index contributed by atoms with van der Waals surface area (Å²) >= 11 is 0. The Morgan fingerprint density at radius 2 is 1.90 bits per heavy atom. The van der Waals surface area contributed by atoms with Crippen molar-refractivity contribution in [2.24, 2.45) is 0 Å². The highest BCUT2D eigenvalue weighted by molar-refractivity contribution is 5.89. The maximum absolute atomic E-state index is 13.0. The van der Waals surface area contributed by atoms with E-state index in [0.29, 0.717) is 11.8 Å². The van der Waals surface area contributed by atoms with Crippen LogP contribution in [-0.4, -0.2) is 49.8 Å². The number of benzene rings is 1. The van der Waals surface area contributed by atoms with E-state index in [0.717, 1.165) is 58.2 Å². The molecule has 0 radical (unpaired) electrons. The van der Waals surface area contributed by atoms with Crippen molar-refractivity contribution in [3.8, 4) is 0 Å². The van der Waals surface area contributed by atoms with Crippen LogP contribution < -0.4 is 10.6 Å². The first-order valence-electron chi connectivity index (χ1n) is 10.8. The second kappa shape index (κ2) is 13.3. The van der Waals surface area contributed by atoms with E-state index in [1.54, 1.807) is 17.0 Å². The van der Waals surface area contributed by atoms with E-state index in [1.807, 2.05) is 13.1 Å². The summed E-state index contributed by atoms with van der Waals surface area (Å²) in [5.74, 6) is -0.310. The molecule has 5 nitrogen and oxygen atoms in total. The van der Waals surface area contributed by atoms with Crippen molar-refractivity contribution >= 4 is 11.7 Å². The molecule has 2 N–H and O–H groups in total. The number of carbonyl (C=O) groups is 1. The molecule has 0 aromatic heterocycles. The Bertz CT molecular complexity index is 601. The molecule has 29 heavy (non-hydrogen) atoms. The Morgan fingerprint density at radius 3 is 2.59 bits per heavy atom. The Hall–Kier alpha value is -1.92. The molecule has 6 heteroatoms. The second-order valence-corrected chi connectivity index (χ2v) is 7.74. The van der Waals surface area contributed by atoms with Crippen LogP contribution in [0.25, 0.3) is 0 Å². The lowest BCUT2D eigenvalue weighted by molar-refractivity contribution is 0.0131. The zero-order valence-electron chi connectivity index (χ0n) is 17.7. The second-order valence-electron chi connectivity index (χ2n) is 7.74. The Morgan fingerprint density at radius 1 is 1.17 bits per heavy atom. The maximum atomic E-state index is 13.0. The van der Waals surface area contributed by atoms with Gasteiger partial charge in [0.15, 0.2) is 0 Å². The van der Waals surface area contributed by atoms with Gasteiger partial charge >= 0.3 is 6.03 Å². The molecule has 0 spiro atoms. The molecule has 2 rings (SSSR count). The summed E-state index contributed by atoms with van der Waals surface area (Å²) in [6.45, 7) is 6.61. The third kappa shape index (κ3) is 8.96. The zero-order valence-corrected chi connectivity index (χ0v) is 17.7. The average molecular weight is 406 g/mol. The molecule has 1 aromatic carbocycles. The van der Waals surface area contributed by atoms with Crippen molar-refractivity contribution in [3.05, 3.63) is 42.7 Å². The fourth-order valence-corrected chi connectivity index (χ4v) is 3.62. The molecule has 1 saturated carbocycles. The molecule has 1 aliphatic carbocycles. The molecule has 1 fully saturated rings. The number of hydrogen-bond donors (Lipinski definition) is 2. The topological polar surface area (TPSA) is 53.6 Å². The number of halogens is 1. The van der Waals surface area contributed by atoms with Crippen molar-refractivity contribution in [3.63, 3.8) is 0 Å². The van der Waals surface area contributed by atoms with Crippen LogP contribution in [-0.2, 0) is 4.74 Å². The van der Waals surface area contributed by atoms with E-state index in [4.69, 9.17) is 4.74 Å². The first kappa shape index (κ1) is 23.4. The molecular formula is C23H36FN3O2.